The maximum absolute atomic E-state index is 14.9. The maximum atomic E-state index is 14.9. The normalized spacial score (nSPS) is 16.2. The lowest BCUT2D eigenvalue weighted by Crippen LogP contribution is -2.31. The van der Waals surface area contributed by atoms with Crippen molar-refractivity contribution in [1.82, 2.24) is 14.5 Å². The van der Waals surface area contributed by atoms with Gasteiger partial charge < -0.3 is 9.88 Å². The van der Waals surface area contributed by atoms with Gasteiger partial charge in [0.15, 0.2) is 0 Å². The van der Waals surface area contributed by atoms with Crippen molar-refractivity contribution in [2.75, 3.05) is 12.0 Å². The van der Waals surface area contributed by atoms with Crippen molar-refractivity contribution in [3.05, 3.63) is 58.0 Å². The average molecular weight is 484 g/mol. The minimum absolute atomic E-state index is 0.170. The number of aryl methyl sites for hydroxylation is 1. The van der Waals surface area contributed by atoms with Crippen LogP contribution in [0.25, 0.3) is 10.9 Å². The van der Waals surface area contributed by atoms with E-state index in [9.17, 15) is 30.8 Å². The largest absolute Gasteiger partial charge is 0.363 e. The third kappa shape index (κ3) is 3.96. The smallest absolute Gasteiger partial charge is 0.341 e. The fraction of sp³-hybridized carbons (Fsp3) is 0.381. The number of rotatable bonds is 7. The van der Waals surface area contributed by atoms with Gasteiger partial charge in [0.2, 0.25) is 9.84 Å². The van der Waals surface area contributed by atoms with Gasteiger partial charge in [-0.15, -0.1) is 0 Å². The van der Waals surface area contributed by atoms with Crippen LogP contribution in [0.2, 0.25) is 0 Å². The molecule has 1 aliphatic rings. The van der Waals surface area contributed by atoms with Gasteiger partial charge in [-0.3, -0.25) is 4.79 Å². The Balaban J connectivity index is 1.78. The summed E-state index contributed by atoms with van der Waals surface area (Å²) in [5, 5.41) is 3.32. The van der Waals surface area contributed by atoms with E-state index in [4.69, 9.17) is 0 Å². The Morgan fingerprint density at radius 3 is 2.55 bits per heavy atom. The number of anilines is 1. The number of hydrogen-bond donors (Lipinski definition) is 1. The fourth-order valence-corrected chi connectivity index (χ4v) is 4.57. The van der Waals surface area contributed by atoms with E-state index >= 15 is 0 Å². The van der Waals surface area contributed by atoms with Crippen LogP contribution < -0.4 is 10.9 Å². The molecule has 0 spiro atoms. The molecular weight excluding hydrogens is 464 g/mol. The number of pyridine rings is 1. The highest BCUT2D eigenvalue weighted by Crippen LogP contribution is 2.43. The Kier molecular flexibility index (Phi) is 5.67. The number of fused-ring (bicyclic) bond motifs is 1. The van der Waals surface area contributed by atoms with Crippen LogP contribution in [0, 0.1) is 12.7 Å². The molecular formula is C21H20F4N4O3S. The number of nitrogens with zero attached hydrogens (tertiary/aromatic N) is 3. The second-order valence-electron chi connectivity index (χ2n) is 8.09. The van der Waals surface area contributed by atoms with E-state index in [1.54, 1.807) is 6.92 Å². The molecule has 12 heteroatoms. The maximum Gasteiger partial charge on any atom is 0.341 e. The summed E-state index contributed by atoms with van der Waals surface area (Å²) in [7, 11) is -5.14. The van der Waals surface area contributed by atoms with E-state index in [1.807, 2.05) is 0 Å². The van der Waals surface area contributed by atoms with Crippen LogP contribution in [-0.4, -0.2) is 35.4 Å². The van der Waals surface area contributed by atoms with E-state index in [0.717, 1.165) is 6.07 Å². The van der Waals surface area contributed by atoms with Crippen LogP contribution >= 0.6 is 0 Å². The zero-order chi connectivity index (χ0) is 24.1. The van der Waals surface area contributed by atoms with E-state index < -0.39 is 50.1 Å². The quantitative estimate of drug-likeness (QED) is 0.512. The second-order valence-corrected chi connectivity index (χ2v) is 9.98. The molecule has 0 bridgehead atoms. The zero-order valence-electron chi connectivity index (χ0n) is 17.6. The molecule has 0 radical (unpaired) electrons. The molecule has 0 aliphatic heterocycles. The highest BCUT2D eigenvalue weighted by atomic mass is 32.2. The summed E-state index contributed by atoms with van der Waals surface area (Å²) >= 11 is 0. The summed E-state index contributed by atoms with van der Waals surface area (Å²) in [6, 6.07) is 3.59. The van der Waals surface area contributed by atoms with Crippen molar-refractivity contribution in [2.24, 2.45) is 0 Å². The first-order valence-electron chi connectivity index (χ1n) is 10.0. The third-order valence-electron chi connectivity index (χ3n) is 5.78. The fourth-order valence-electron chi connectivity index (χ4n) is 3.74. The summed E-state index contributed by atoms with van der Waals surface area (Å²) in [5.41, 5.74) is -1.19. The zero-order valence-corrected chi connectivity index (χ0v) is 18.5. The van der Waals surface area contributed by atoms with Gasteiger partial charge in [0, 0.05) is 17.8 Å². The molecule has 0 saturated heterocycles. The Bertz CT molecular complexity index is 1400. The number of hydrogen-bond acceptors (Lipinski definition) is 6. The van der Waals surface area contributed by atoms with E-state index in [-0.39, 0.29) is 11.4 Å². The molecule has 1 N–H and O–H groups in total. The minimum Gasteiger partial charge on any atom is -0.363 e. The molecule has 2 heterocycles. The molecule has 2 aromatic heterocycles. The topological polar surface area (TPSA) is 94.0 Å². The monoisotopic (exact) mass is 484 g/mol. The molecule has 3 aromatic rings. The number of benzene rings is 1. The summed E-state index contributed by atoms with van der Waals surface area (Å²) in [4.78, 5) is 20.0. The number of alkyl halides is 3. The van der Waals surface area contributed by atoms with Crippen molar-refractivity contribution in [2.45, 2.75) is 48.9 Å². The first-order chi connectivity index (χ1) is 15.5. The molecule has 1 aromatic carbocycles. The third-order valence-corrected chi connectivity index (χ3v) is 7.18. The van der Waals surface area contributed by atoms with Gasteiger partial charge in [0.25, 0.3) is 5.56 Å². The van der Waals surface area contributed by atoms with E-state index in [0.29, 0.717) is 29.6 Å². The molecule has 1 unspecified atom stereocenters. The van der Waals surface area contributed by atoms with Gasteiger partial charge >= 0.3 is 5.76 Å². The van der Waals surface area contributed by atoms with Gasteiger partial charge in [-0.25, -0.2) is 27.2 Å². The second kappa shape index (κ2) is 8.08. The van der Waals surface area contributed by atoms with Gasteiger partial charge in [-0.1, -0.05) is 12.1 Å². The van der Waals surface area contributed by atoms with Gasteiger partial charge in [0.05, 0.1) is 22.5 Å². The molecule has 33 heavy (non-hydrogen) atoms. The molecule has 7 nitrogen and oxygen atoms in total. The van der Waals surface area contributed by atoms with Crippen LogP contribution in [0.5, 0.6) is 0 Å². The Labute approximate surface area is 186 Å². The SMILES string of the molecule is Cc1nc(NC(C)c2cccc(S(=O)(=O)C(F)F)c2F)c2cn(C3(CF)CC3)c(=O)cc2n1. The summed E-state index contributed by atoms with van der Waals surface area (Å²) < 4.78 is 79.3. The standard InChI is InChI=1S/C21H20F4N4O3S/c1-11(13-4-3-5-16(18(13)23)33(31,32)20(24)25)26-19-14-9-29(21(10-22)6-7-21)17(30)8-15(14)27-12(2)28-19/h3-5,8-9,11,20H,6-7,10H2,1-2H3,(H,26,27,28). The van der Waals surface area contributed by atoms with Crippen LogP contribution in [0.3, 0.4) is 0 Å². The molecule has 1 saturated carbocycles. The molecule has 1 aliphatic carbocycles. The molecule has 0 amide bonds. The lowest BCUT2D eigenvalue weighted by atomic mass is 10.1. The number of sulfone groups is 1. The summed E-state index contributed by atoms with van der Waals surface area (Å²) in [6.45, 7) is 2.38. The predicted octanol–water partition coefficient (Wildman–Crippen LogP) is 3.87. The van der Waals surface area contributed by atoms with Gasteiger partial charge in [0.1, 0.15) is 29.0 Å². The summed E-state index contributed by atoms with van der Waals surface area (Å²) in [5.74, 6) is -4.55. The lowest BCUT2D eigenvalue weighted by Gasteiger charge is -2.20. The molecule has 176 valence electrons. The van der Waals surface area contributed by atoms with E-state index in [1.165, 1.54) is 35.9 Å². The average Bonchev–Trinajstić information content (AvgIpc) is 3.54. The Morgan fingerprint density at radius 1 is 1.24 bits per heavy atom. The Hall–Kier alpha value is -3.02. The lowest BCUT2D eigenvalue weighted by molar-refractivity contribution is 0.234. The van der Waals surface area contributed by atoms with Crippen molar-refractivity contribution in [3.8, 4) is 0 Å². The highest BCUT2D eigenvalue weighted by molar-refractivity contribution is 7.91. The number of aromatic nitrogens is 3. The van der Waals surface area contributed by atoms with Gasteiger partial charge in [-0.05, 0) is 32.8 Å². The van der Waals surface area contributed by atoms with Crippen molar-refractivity contribution < 1.29 is 26.0 Å². The Morgan fingerprint density at radius 2 is 1.94 bits per heavy atom. The number of halogens is 4. The molecule has 1 fully saturated rings. The number of nitrogens with one attached hydrogen (secondary N) is 1. The van der Waals surface area contributed by atoms with Crippen molar-refractivity contribution in [3.63, 3.8) is 0 Å². The van der Waals surface area contributed by atoms with Crippen LogP contribution in [0.4, 0.5) is 23.4 Å². The van der Waals surface area contributed by atoms with Gasteiger partial charge in [-0.2, -0.15) is 8.78 Å². The predicted molar refractivity (Wildman–Crippen MR) is 113 cm³/mol. The summed E-state index contributed by atoms with van der Waals surface area (Å²) in [6.07, 6.45) is 2.47. The first kappa shape index (κ1) is 23.1. The van der Waals surface area contributed by atoms with Crippen LogP contribution in [0.1, 0.15) is 37.2 Å². The minimum atomic E-state index is -5.14. The molecule has 4 rings (SSSR count). The molecule has 1 atom stereocenters. The van der Waals surface area contributed by atoms with Crippen molar-refractivity contribution in [1.29, 1.82) is 0 Å². The van der Waals surface area contributed by atoms with Crippen LogP contribution in [0.15, 0.2) is 40.2 Å². The first-order valence-corrected chi connectivity index (χ1v) is 11.6. The highest BCUT2D eigenvalue weighted by Gasteiger charge is 2.45. The van der Waals surface area contributed by atoms with Crippen molar-refractivity contribution >= 4 is 26.6 Å². The van der Waals surface area contributed by atoms with Crippen LogP contribution in [-0.2, 0) is 15.4 Å². The van der Waals surface area contributed by atoms with E-state index in [2.05, 4.69) is 15.3 Å².